The minimum atomic E-state index is -0.942. The summed E-state index contributed by atoms with van der Waals surface area (Å²) < 4.78 is 5.13. The number of hydrogen-bond acceptors (Lipinski definition) is 5. The molecule has 0 radical (unpaired) electrons. The fourth-order valence-corrected chi connectivity index (χ4v) is 1.99. The molecule has 1 fully saturated rings. The Bertz CT molecular complexity index is 269. The highest BCUT2D eigenvalue weighted by Crippen LogP contribution is 2.12. The molecule has 0 aromatic carbocycles. The maximum atomic E-state index is 11.8. The maximum absolute atomic E-state index is 11.8. The average Bonchev–Trinajstić information content (AvgIpc) is 2.59. The fraction of sp³-hybridized carbons (Fsp3) is 0.909. The van der Waals surface area contributed by atoms with Crippen LogP contribution in [-0.4, -0.2) is 68.0 Å². The summed E-state index contributed by atoms with van der Waals surface area (Å²) in [6, 6.07) is -0.242. The van der Waals surface area contributed by atoms with Crippen molar-refractivity contribution >= 4 is 5.91 Å². The monoisotopic (exact) mass is 245 g/mol. The van der Waals surface area contributed by atoms with Gasteiger partial charge in [0.05, 0.1) is 24.7 Å². The lowest BCUT2D eigenvalue weighted by atomic mass is 10.0. The summed E-state index contributed by atoms with van der Waals surface area (Å²) in [5.41, 5.74) is 4.80. The fourth-order valence-electron chi connectivity index (χ4n) is 1.99. The number of nitrogens with zero attached hydrogens (tertiary/aromatic N) is 1. The number of likely N-dealkylation sites (N-methyl/N-ethyl adjacent to an activating group) is 1. The topological polar surface area (TPSA) is 87.8 Å². The van der Waals surface area contributed by atoms with Crippen LogP contribution in [0.25, 0.3) is 0 Å². The zero-order valence-corrected chi connectivity index (χ0v) is 10.8. The predicted octanol–water partition coefficient (Wildman–Crippen LogP) is -1.61. The molecule has 17 heavy (non-hydrogen) atoms. The highest BCUT2D eigenvalue weighted by atomic mass is 16.5. The van der Waals surface area contributed by atoms with Crippen LogP contribution in [0.5, 0.6) is 0 Å². The van der Waals surface area contributed by atoms with Gasteiger partial charge in [0.25, 0.3) is 0 Å². The Labute approximate surface area is 102 Å². The van der Waals surface area contributed by atoms with Gasteiger partial charge in [-0.25, -0.2) is 0 Å². The molecule has 1 amide bonds. The third-order valence-electron chi connectivity index (χ3n) is 2.76. The van der Waals surface area contributed by atoms with Gasteiger partial charge in [0.15, 0.2) is 0 Å². The van der Waals surface area contributed by atoms with Crippen molar-refractivity contribution in [3.8, 4) is 0 Å². The van der Waals surface area contributed by atoms with E-state index in [1.807, 2.05) is 19.0 Å². The smallest absolute Gasteiger partial charge is 0.227 e. The van der Waals surface area contributed by atoms with Gasteiger partial charge in [-0.05, 0) is 21.0 Å². The SMILES string of the molecule is CN(C)CC(C)(O)CNC(=O)C1COCC1N. The number of rotatable bonds is 5. The van der Waals surface area contributed by atoms with Crippen molar-refractivity contribution in [2.45, 2.75) is 18.6 Å². The van der Waals surface area contributed by atoms with Crippen LogP contribution in [0.2, 0.25) is 0 Å². The van der Waals surface area contributed by atoms with E-state index < -0.39 is 5.60 Å². The first kappa shape index (κ1) is 14.4. The number of nitrogens with two attached hydrogens (primary N) is 1. The summed E-state index contributed by atoms with van der Waals surface area (Å²) in [7, 11) is 3.74. The second kappa shape index (κ2) is 5.77. The molecule has 3 atom stereocenters. The van der Waals surface area contributed by atoms with Crippen molar-refractivity contribution in [2.75, 3.05) is 40.4 Å². The molecule has 1 aliphatic rings. The minimum Gasteiger partial charge on any atom is -0.387 e. The van der Waals surface area contributed by atoms with E-state index in [0.29, 0.717) is 19.8 Å². The summed E-state index contributed by atoms with van der Waals surface area (Å²) in [4.78, 5) is 13.7. The molecule has 1 saturated heterocycles. The van der Waals surface area contributed by atoms with E-state index in [4.69, 9.17) is 10.5 Å². The number of nitrogens with one attached hydrogen (secondary N) is 1. The van der Waals surface area contributed by atoms with Crippen LogP contribution < -0.4 is 11.1 Å². The zero-order valence-electron chi connectivity index (χ0n) is 10.8. The molecule has 6 nitrogen and oxygen atoms in total. The normalized spacial score (nSPS) is 28.1. The lowest BCUT2D eigenvalue weighted by Crippen LogP contribution is -2.50. The average molecular weight is 245 g/mol. The second-order valence-corrected chi connectivity index (χ2v) is 5.26. The van der Waals surface area contributed by atoms with Crippen LogP contribution in [0.4, 0.5) is 0 Å². The Hall–Kier alpha value is -0.690. The van der Waals surface area contributed by atoms with Crippen LogP contribution in [0.1, 0.15) is 6.92 Å². The molecule has 100 valence electrons. The number of hydrogen-bond donors (Lipinski definition) is 3. The predicted molar refractivity (Wildman–Crippen MR) is 64.5 cm³/mol. The number of carbonyl (C=O) groups is 1. The van der Waals surface area contributed by atoms with E-state index in [1.165, 1.54) is 0 Å². The lowest BCUT2D eigenvalue weighted by Gasteiger charge is -2.27. The van der Waals surface area contributed by atoms with Crippen molar-refractivity contribution in [2.24, 2.45) is 11.7 Å². The first-order valence-corrected chi connectivity index (χ1v) is 5.80. The van der Waals surface area contributed by atoms with E-state index >= 15 is 0 Å². The molecule has 1 aliphatic heterocycles. The first-order chi connectivity index (χ1) is 7.82. The Morgan fingerprint density at radius 3 is 2.71 bits per heavy atom. The molecule has 0 saturated carbocycles. The van der Waals surface area contributed by atoms with Gasteiger partial charge in [-0.3, -0.25) is 4.79 Å². The van der Waals surface area contributed by atoms with E-state index in [1.54, 1.807) is 6.92 Å². The van der Waals surface area contributed by atoms with Crippen LogP contribution in [0, 0.1) is 5.92 Å². The van der Waals surface area contributed by atoms with Crippen molar-refractivity contribution < 1.29 is 14.6 Å². The number of amides is 1. The maximum Gasteiger partial charge on any atom is 0.227 e. The van der Waals surface area contributed by atoms with Gasteiger partial charge in [0.1, 0.15) is 0 Å². The van der Waals surface area contributed by atoms with Gasteiger partial charge in [0.2, 0.25) is 5.91 Å². The van der Waals surface area contributed by atoms with Crippen LogP contribution in [-0.2, 0) is 9.53 Å². The summed E-state index contributed by atoms with van der Waals surface area (Å²) in [5, 5.41) is 12.7. The molecule has 6 heteroatoms. The Balaban J connectivity index is 2.37. The van der Waals surface area contributed by atoms with Crippen molar-refractivity contribution in [3.05, 3.63) is 0 Å². The highest BCUT2D eigenvalue weighted by Gasteiger charge is 2.32. The molecule has 0 bridgehead atoms. The Morgan fingerprint density at radius 1 is 1.59 bits per heavy atom. The van der Waals surface area contributed by atoms with E-state index in [-0.39, 0.29) is 24.4 Å². The molecule has 0 spiro atoms. The molecule has 3 unspecified atom stereocenters. The van der Waals surface area contributed by atoms with Gasteiger partial charge in [-0.15, -0.1) is 0 Å². The van der Waals surface area contributed by atoms with Gasteiger partial charge in [-0.2, -0.15) is 0 Å². The molecule has 1 rings (SSSR count). The summed E-state index contributed by atoms with van der Waals surface area (Å²) in [6.07, 6.45) is 0. The Morgan fingerprint density at radius 2 is 2.24 bits per heavy atom. The third-order valence-corrected chi connectivity index (χ3v) is 2.76. The minimum absolute atomic E-state index is 0.144. The molecular formula is C11H23N3O3. The molecule has 4 N–H and O–H groups in total. The largest absolute Gasteiger partial charge is 0.387 e. The molecule has 0 aliphatic carbocycles. The molecular weight excluding hydrogens is 222 g/mol. The number of carbonyl (C=O) groups excluding carboxylic acids is 1. The van der Waals surface area contributed by atoms with Crippen LogP contribution in [0.3, 0.4) is 0 Å². The van der Waals surface area contributed by atoms with E-state index in [0.717, 1.165) is 0 Å². The van der Waals surface area contributed by atoms with Gasteiger partial charge >= 0.3 is 0 Å². The van der Waals surface area contributed by atoms with Gasteiger partial charge in [0, 0.05) is 19.1 Å². The van der Waals surface area contributed by atoms with E-state index in [2.05, 4.69) is 5.32 Å². The number of aliphatic hydroxyl groups is 1. The van der Waals surface area contributed by atoms with Gasteiger partial charge in [-0.1, -0.05) is 0 Å². The zero-order chi connectivity index (χ0) is 13.1. The molecule has 0 aromatic rings. The van der Waals surface area contributed by atoms with Crippen molar-refractivity contribution in [1.29, 1.82) is 0 Å². The van der Waals surface area contributed by atoms with E-state index in [9.17, 15) is 9.90 Å². The standard InChI is InChI=1S/C11H23N3O3/c1-11(16,7-14(2)3)6-13-10(15)8-4-17-5-9(8)12/h8-9,16H,4-7,12H2,1-3H3,(H,13,15). The van der Waals surface area contributed by atoms with Gasteiger partial charge < -0.3 is 25.8 Å². The highest BCUT2D eigenvalue weighted by molar-refractivity contribution is 5.79. The first-order valence-electron chi connectivity index (χ1n) is 5.80. The molecule has 1 heterocycles. The third kappa shape index (κ3) is 4.59. The summed E-state index contributed by atoms with van der Waals surface area (Å²) in [6.45, 7) is 3.18. The summed E-state index contributed by atoms with van der Waals surface area (Å²) in [5.74, 6) is -0.445. The summed E-state index contributed by atoms with van der Waals surface area (Å²) >= 11 is 0. The van der Waals surface area contributed by atoms with Crippen LogP contribution >= 0.6 is 0 Å². The second-order valence-electron chi connectivity index (χ2n) is 5.26. The number of ether oxygens (including phenoxy) is 1. The Kier molecular flexibility index (Phi) is 4.88. The molecule has 0 aromatic heterocycles. The quantitative estimate of drug-likeness (QED) is 0.542. The van der Waals surface area contributed by atoms with Crippen molar-refractivity contribution in [3.63, 3.8) is 0 Å². The van der Waals surface area contributed by atoms with Crippen molar-refractivity contribution in [1.82, 2.24) is 10.2 Å². The van der Waals surface area contributed by atoms with Crippen LogP contribution in [0.15, 0.2) is 0 Å². The lowest BCUT2D eigenvalue weighted by molar-refractivity contribution is -0.126.